The zero-order chi connectivity index (χ0) is 30.8. The van der Waals surface area contributed by atoms with E-state index in [9.17, 15) is 4.79 Å². The summed E-state index contributed by atoms with van der Waals surface area (Å²) in [5, 5.41) is 10.8. The Morgan fingerprint density at radius 3 is 2.52 bits per heavy atom. The molecule has 1 fully saturated rings. The number of carbonyl (C=O) groups is 1. The van der Waals surface area contributed by atoms with Gasteiger partial charge < -0.3 is 9.64 Å². The minimum absolute atomic E-state index is 0.171. The third-order valence-corrected chi connectivity index (χ3v) is 10.9. The number of halogens is 1. The van der Waals surface area contributed by atoms with Gasteiger partial charge in [-0.3, -0.25) is 14.4 Å². The first kappa shape index (κ1) is 31.1. The first-order chi connectivity index (χ1) is 21.2. The fourth-order valence-corrected chi connectivity index (χ4v) is 8.45. The Morgan fingerprint density at radius 2 is 1.80 bits per heavy atom. The van der Waals surface area contributed by atoms with E-state index in [0.29, 0.717) is 43.7 Å². The molecule has 0 aliphatic carbocycles. The Morgan fingerprint density at radius 1 is 1.07 bits per heavy atom. The number of nitrogens with zero attached hydrogens (tertiary/aromatic N) is 5. The van der Waals surface area contributed by atoms with Crippen molar-refractivity contribution in [3.05, 3.63) is 87.5 Å². The van der Waals surface area contributed by atoms with Gasteiger partial charge in [0.05, 0.1) is 24.0 Å². The van der Waals surface area contributed by atoms with Gasteiger partial charge in [0.15, 0.2) is 5.82 Å². The molecular formula is C35H42ClN5O2S. The number of aliphatic imine (C=N–C) groups is 1. The van der Waals surface area contributed by atoms with Gasteiger partial charge in [-0.2, -0.15) is 0 Å². The van der Waals surface area contributed by atoms with Gasteiger partial charge >= 0.3 is 0 Å². The zero-order valence-corrected chi connectivity index (χ0v) is 27.8. The van der Waals surface area contributed by atoms with E-state index in [4.69, 9.17) is 21.3 Å². The summed E-state index contributed by atoms with van der Waals surface area (Å²) in [7, 11) is 0. The molecule has 0 saturated carbocycles. The highest BCUT2D eigenvalue weighted by Crippen LogP contribution is 2.56. The van der Waals surface area contributed by atoms with Crippen LogP contribution in [0.15, 0.2) is 59.1 Å². The predicted octanol–water partition coefficient (Wildman–Crippen LogP) is 7.32. The van der Waals surface area contributed by atoms with Crippen molar-refractivity contribution < 1.29 is 9.53 Å². The lowest BCUT2D eigenvalue weighted by Crippen LogP contribution is -2.41. The molecule has 0 N–H and O–H groups in total. The Kier molecular flexibility index (Phi) is 9.31. The molecule has 2 unspecified atom stereocenters. The number of amides is 1. The number of aromatic nitrogens is 3. The second kappa shape index (κ2) is 13.2. The number of hydrogen-bond acceptors (Lipinski definition) is 6. The molecule has 44 heavy (non-hydrogen) atoms. The maximum atomic E-state index is 13.4. The summed E-state index contributed by atoms with van der Waals surface area (Å²) < 4.78 is 7.51. The normalized spacial score (nSPS) is 21.7. The fourth-order valence-electron chi connectivity index (χ4n) is 6.58. The molecule has 7 nitrogen and oxygen atoms in total. The topological polar surface area (TPSA) is 72.6 Å². The third kappa shape index (κ3) is 6.53. The maximum Gasteiger partial charge on any atom is 0.222 e. The average Bonchev–Trinajstić information content (AvgIpc) is 3.56. The van der Waals surface area contributed by atoms with Crippen LogP contribution in [0.1, 0.15) is 80.8 Å². The van der Waals surface area contributed by atoms with Crippen molar-refractivity contribution in [3.8, 4) is 0 Å². The summed E-state index contributed by atoms with van der Waals surface area (Å²) in [5.74, 6) is 2.53. The van der Waals surface area contributed by atoms with Crippen molar-refractivity contribution in [1.29, 1.82) is 0 Å². The number of fused-ring (bicyclic) bond motifs is 2. The number of morpholine rings is 1. The molecule has 3 aromatic rings. The smallest absolute Gasteiger partial charge is 0.222 e. The lowest BCUT2D eigenvalue weighted by molar-refractivity contribution is -0.135. The van der Waals surface area contributed by atoms with Crippen molar-refractivity contribution >= 4 is 40.0 Å². The molecule has 0 bridgehead atoms. The van der Waals surface area contributed by atoms with E-state index < -0.39 is 0 Å². The second-order valence-corrected chi connectivity index (χ2v) is 14.6. The number of aryl methyl sites for hydroxylation is 2. The molecule has 3 aliphatic heterocycles. The van der Waals surface area contributed by atoms with E-state index in [1.807, 2.05) is 41.8 Å². The van der Waals surface area contributed by atoms with E-state index in [2.05, 4.69) is 65.9 Å². The van der Waals surface area contributed by atoms with Crippen molar-refractivity contribution in [3.63, 3.8) is 0 Å². The van der Waals surface area contributed by atoms with Crippen molar-refractivity contribution in [2.45, 2.75) is 77.0 Å². The summed E-state index contributed by atoms with van der Waals surface area (Å²) in [4.78, 5) is 20.6. The number of carbonyl (C=O) groups excluding carboxylic acids is 1. The molecule has 9 heteroatoms. The summed E-state index contributed by atoms with van der Waals surface area (Å²) in [6.45, 7) is 11.2. The first-order valence-corrected chi connectivity index (χ1v) is 17.0. The minimum atomic E-state index is -0.195. The Bertz CT molecular complexity index is 1570. The predicted molar refractivity (Wildman–Crippen MR) is 179 cm³/mol. The molecular weight excluding hydrogens is 590 g/mol. The lowest BCUT2D eigenvalue weighted by Gasteiger charge is -2.32. The van der Waals surface area contributed by atoms with Crippen LogP contribution < -0.4 is 0 Å². The Hall–Kier alpha value is -2.94. The second-order valence-electron chi connectivity index (χ2n) is 12.7. The molecule has 2 atom stereocenters. The number of hydrogen-bond donors (Lipinski definition) is 0. The van der Waals surface area contributed by atoms with E-state index in [0.717, 1.165) is 60.1 Å². The molecule has 0 spiro atoms. The average molecular weight is 632 g/mol. The molecule has 1 amide bonds. The van der Waals surface area contributed by atoms with Crippen LogP contribution in [0.4, 0.5) is 0 Å². The van der Waals surface area contributed by atoms with E-state index in [1.54, 1.807) is 0 Å². The van der Waals surface area contributed by atoms with Crippen LogP contribution in [0, 0.1) is 12.8 Å². The highest BCUT2D eigenvalue weighted by Gasteiger charge is 2.44. The minimum Gasteiger partial charge on any atom is -0.378 e. The Balaban J connectivity index is 1.34. The van der Waals surface area contributed by atoms with Gasteiger partial charge in [-0.25, -0.2) is 0 Å². The standard InChI is InChI=1S/C35H42ClN5O2S/c1-23(2)21-27-11-9-26(10-12-27)13-15-35(16-14-31(42)40-17-19-43-20-18-40)22-29-32(28-7-5-6-8-30(28)36)37-24(3)33-39-38-25(4)41(33)34(29)44-35/h5-12,23-24H,13-22H2,1-4H3. The van der Waals surface area contributed by atoms with Crippen molar-refractivity contribution in [2.24, 2.45) is 10.9 Å². The largest absolute Gasteiger partial charge is 0.378 e. The summed E-state index contributed by atoms with van der Waals surface area (Å²) in [6.07, 6.45) is 5.03. The molecule has 4 heterocycles. The van der Waals surface area contributed by atoms with Gasteiger partial charge in [0, 0.05) is 40.4 Å². The summed E-state index contributed by atoms with van der Waals surface area (Å²) in [5.41, 5.74) is 5.74. The summed E-state index contributed by atoms with van der Waals surface area (Å²) >= 11 is 8.69. The maximum absolute atomic E-state index is 13.4. The SMILES string of the molecule is Cc1nnc2n1C1=C(CC(CCC(=O)N3CCOCC3)(CCc3ccc(CC(C)C)cc3)S1)C(c1ccccc1Cl)=NC2C. The van der Waals surface area contributed by atoms with Gasteiger partial charge in [0.1, 0.15) is 11.9 Å². The molecule has 0 radical (unpaired) electrons. The molecule has 1 saturated heterocycles. The highest BCUT2D eigenvalue weighted by molar-refractivity contribution is 8.09. The highest BCUT2D eigenvalue weighted by atomic mass is 35.5. The van der Waals surface area contributed by atoms with Crippen LogP contribution in [0.3, 0.4) is 0 Å². The van der Waals surface area contributed by atoms with Crippen LogP contribution in [0.25, 0.3) is 5.03 Å². The van der Waals surface area contributed by atoms with Crippen LogP contribution in [-0.2, 0) is 22.4 Å². The van der Waals surface area contributed by atoms with Crippen LogP contribution in [0.5, 0.6) is 0 Å². The van der Waals surface area contributed by atoms with Crippen LogP contribution in [0.2, 0.25) is 5.02 Å². The number of ether oxygens (including phenoxy) is 1. The van der Waals surface area contributed by atoms with Crippen LogP contribution >= 0.6 is 23.4 Å². The van der Waals surface area contributed by atoms with Gasteiger partial charge in [-0.15, -0.1) is 22.0 Å². The Labute approximate surface area is 270 Å². The van der Waals surface area contributed by atoms with Gasteiger partial charge in [0.2, 0.25) is 5.91 Å². The van der Waals surface area contributed by atoms with Gasteiger partial charge in [-0.05, 0) is 69.1 Å². The number of allylic oxidation sites excluding steroid dienone is 1. The van der Waals surface area contributed by atoms with Crippen molar-refractivity contribution in [1.82, 2.24) is 19.7 Å². The first-order valence-electron chi connectivity index (χ1n) is 15.8. The molecule has 232 valence electrons. The number of thioether (sulfide) groups is 1. The van der Waals surface area contributed by atoms with Gasteiger partial charge in [-0.1, -0.05) is 67.9 Å². The summed E-state index contributed by atoms with van der Waals surface area (Å²) in [6, 6.07) is 16.9. The molecule has 2 aromatic carbocycles. The monoisotopic (exact) mass is 631 g/mol. The molecule has 1 aromatic heterocycles. The fraction of sp³-hybridized carbons (Fsp3) is 0.486. The van der Waals surface area contributed by atoms with Gasteiger partial charge in [0.25, 0.3) is 0 Å². The molecule has 6 rings (SSSR count). The number of rotatable bonds is 9. The van der Waals surface area contributed by atoms with Crippen molar-refractivity contribution in [2.75, 3.05) is 26.3 Å². The lowest BCUT2D eigenvalue weighted by atomic mass is 9.85. The molecule has 3 aliphatic rings. The van der Waals surface area contributed by atoms with E-state index in [-0.39, 0.29) is 16.7 Å². The zero-order valence-electron chi connectivity index (χ0n) is 26.2. The van der Waals surface area contributed by atoms with E-state index >= 15 is 0 Å². The van der Waals surface area contributed by atoms with E-state index in [1.165, 1.54) is 16.7 Å². The third-order valence-electron chi connectivity index (χ3n) is 8.93. The number of benzene rings is 2. The van der Waals surface area contributed by atoms with Crippen LogP contribution in [-0.4, -0.2) is 62.3 Å². The quantitative estimate of drug-likeness (QED) is 0.247.